The van der Waals surface area contributed by atoms with Crippen LogP contribution in [0.3, 0.4) is 0 Å². The summed E-state index contributed by atoms with van der Waals surface area (Å²) in [6, 6.07) is 5.22. The molecule has 2 heterocycles. The third-order valence-electron chi connectivity index (χ3n) is 4.45. The van der Waals surface area contributed by atoms with Crippen molar-refractivity contribution in [2.75, 3.05) is 38.0 Å². The van der Waals surface area contributed by atoms with Crippen molar-refractivity contribution in [2.45, 2.75) is 19.6 Å². The Labute approximate surface area is 165 Å². The van der Waals surface area contributed by atoms with E-state index in [0.29, 0.717) is 19.6 Å². The van der Waals surface area contributed by atoms with E-state index in [2.05, 4.69) is 15.4 Å². The molecular formula is C18H20ClF3N4O2. The first-order valence-electron chi connectivity index (χ1n) is 8.74. The molecule has 3 rings (SSSR count). The van der Waals surface area contributed by atoms with Crippen LogP contribution in [0.1, 0.15) is 17.0 Å². The molecule has 1 saturated heterocycles. The molecule has 0 saturated carbocycles. The van der Waals surface area contributed by atoms with E-state index in [9.17, 15) is 18.0 Å². The van der Waals surface area contributed by atoms with Crippen molar-refractivity contribution in [1.29, 1.82) is 0 Å². The summed E-state index contributed by atoms with van der Waals surface area (Å²) in [4.78, 5) is 16.4. The molecule has 1 amide bonds. The van der Waals surface area contributed by atoms with Crippen LogP contribution in [-0.4, -0.2) is 53.6 Å². The first-order chi connectivity index (χ1) is 13.2. The number of hydrogen-bond donors (Lipinski definition) is 1. The fraction of sp³-hybridized carbons (Fsp3) is 0.444. The van der Waals surface area contributed by atoms with E-state index < -0.39 is 16.8 Å². The number of halogens is 4. The molecule has 1 fully saturated rings. The van der Waals surface area contributed by atoms with Gasteiger partial charge in [0.05, 0.1) is 22.8 Å². The number of benzene rings is 1. The highest BCUT2D eigenvalue weighted by Gasteiger charge is 2.33. The Morgan fingerprint density at radius 2 is 1.89 bits per heavy atom. The number of rotatable bonds is 5. The van der Waals surface area contributed by atoms with Gasteiger partial charge in [-0.25, -0.2) is 0 Å². The van der Waals surface area contributed by atoms with Crippen molar-refractivity contribution in [3.8, 4) is 0 Å². The molecule has 0 atom stereocenters. The average molecular weight is 417 g/mol. The van der Waals surface area contributed by atoms with E-state index in [1.807, 2.05) is 17.9 Å². The van der Waals surface area contributed by atoms with Gasteiger partial charge in [0.1, 0.15) is 5.76 Å². The fourth-order valence-electron chi connectivity index (χ4n) is 3.05. The van der Waals surface area contributed by atoms with Crippen molar-refractivity contribution in [1.82, 2.24) is 15.0 Å². The van der Waals surface area contributed by atoms with Crippen LogP contribution in [0.25, 0.3) is 0 Å². The zero-order valence-electron chi connectivity index (χ0n) is 15.2. The van der Waals surface area contributed by atoms with E-state index in [-0.39, 0.29) is 18.1 Å². The maximum absolute atomic E-state index is 12.9. The number of carbonyl (C=O) groups excluding carboxylic acids is 1. The van der Waals surface area contributed by atoms with E-state index in [0.717, 1.165) is 36.7 Å². The SMILES string of the molecule is Cc1cc(CN2CCN(CC(=O)Nc3ccc(Cl)c(C(F)(F)F)c3)CC2)no1. The highest BCUT2D eigenvalue weighted by Crippen LogP contribution is 2.36. The third kappa shape index (κ3) is 5.46. The fourth-order valence-corrected chi connectivity index (χ4v) is 3.28. The van der Waals surface area contributed by atoms with Crippen molar-refractivity contribution >= 4 is 23.2 Å². The number of aryl methyl sites for hydroxylation is 1. The number of piperazine rings is 1. The summed E-state index contributed by atoms with van der Waals surface area (Å²) >= 11 is 5.59. The summed E-state index contributed by atoms with van der Waals surface area (Å²) in [5, 5.41) is 6.08. The second-order valence-corrected chi connectivity index (χ2v) is 7.13. The summed E-state index contributed by atoms with van der Waals surface area (Å²) in [5.74, 6) is 0.400. The number of alkyl halides is 3. The van der Waals surface area contributed by atoms with Crippen LogP contribution < -0.4 is 5.32 Å². The van der Waals surface area contributed by atoms with E-state index in [4.69, 9.17) is 16.1 Å². The predicted molar refractivity (Wildman–Crippen MR) is 98.0 cm³/mol. The number of amides is 1. The lowest BCUT2D eigenvalue weighted by molar-refractivity contribution is -0.137. The molecule has 1 aromatic carbocycles. The maximum Gasteiger partial charge on any atom is 0.417 e. The van der Waals surface area contributed by atoms with E-state index in [1.54, 1.807) is 0 Å². The van der Waals surface area contributed by atoms with Crippen molar-refractivity contribution in [3.05, 3.63) is 46.3 Å². The third-order valence-corrected chi connectivity index (χ3v) is 4.78. The minimum absolute atomic E-state index is 0.0711. The Kier molecular flexibility index (Phi) is 6.26. The van der Waals surface area contributed by atoms with E-state index >= 15 is 0 Å². The minimum Gasteiger partial charge on any atom is -0.361 e. The number of nitrogens with zero attached hydrogens (tertiary/aromatic N) is 3. The maximum atomic E-state index is 12.9. The van der Waals surface area contributed by atoms with Crippen LogP contribution in [0.4, 0.5) is 18.9 Å². The summed E-state index contributed by atoms with van der Waals surface area (Å²) in [6.45, 7) is 5.52. The van der Waals surface area contributed by atoms with Crippen LogP contribution in [0.2, 0.25) is 5.02 Å². The predicted octanol–water partition coefficient (Wildman–Crippen LogP) is 3.41. The Morgan fingerprint density at radius 1 is 1.21 bits per heavy atom. The average Bonchev–Trinajstić information content (AvgIpc) is 3.02. The van der Waals surface area contributed by atoms with Crippen LogP contribution in [0, 0.1) is 6.92 Å². The molecule has 0 unspecified atom stereocenters. The zero-order valence-corrected chi connectivity index (χ0v) is 16.0. The number of carbonyl (C=O) groups is 1. The van der Waals surface area contributed by atoms with Gasteiger partial charge in [-0.3, -0.25) is 14.6 Å². The quantitative estimate of drug-likeness (QED) is 0.809. The largest absolute Gasteiger partial charge is 0.417 e. The number of aromatic nitrogens is 1. The molecule has 0 bridgehead atoms. The summed E-state index contributed by atoms with van der Waals surface area (Å²) in [6.07, 6.45) is -4.57. The molecule has 0 radical (unpaired) electrons. The smallest absolute Gasteiger partial charge is 0.361 e. The lowest BCUT2D eigenvalue weighted by Crippen LogP contribution is -2.48. The summed E-state index contributed by atoms with van der Waals surface area (Å²) in [5.41, 5.74) is -0.0302. The van der Waals surface area contributed by atoms with Crippen LogP contribution >= 0.6 is 11.6 Å². The molecule has 1 aromatic heterocycles. The highest BCUT2D eigenvalue weighted by molar-refractivity contribution is 6.31. The molecule has 152 valence electrons. The minimum atomic E-state index is -4.57. The van der Waals surface area contributed by atoms with Gasteiger partial charge < -0.3 is 9.84 Å². The molecule has 28 heavy (non-hydrogen) atoms. The standard InChI is InChI=1S/C18H20ClF3N4O2/c1-12-8-14(24-28-12)10-25-4-6-26(7-5-25)11-17(27)23-13-2-3-16(19)15(9-13)18(20,21)22/h2-3,8-9H,4-7,10-11H2,1H3,(H,23,27). The summed E-state index contributed by atoms with van der Waals surface area (Å²) < 4.78 is 43.8. The second-order valence-electron chi connectivity index (χ2n) is 6.72. The molecule has 10 heteroatoms. The first kappa shape index (κ1) is 20.6. The lowest BCUT2D eigenvalue weighted by atomic mass is 10.2. The van der Waals surface area contributed by atoms with Gasteiger partial charge in [0.15, 0.2) is 0 Å². The zero-order chi connectivity index (χ0) is 20.3. The van der Waals surface area contributed by atoms with Crippen LogP contribution in [0.15, 0.2) is 28.8 Å². The Morgan fingerprint density at radius 3 is 2.50 bits per heavy atom. The van der Waals surface area contributed by atoms with Crippen LogP contribution in [-0.2, 0) is 17.5 Å². The van der Waals surface area contributed by atoms with Gasteiger partial charge in [0, 0.05) is 44.5 Å². The van der Waals surface area contributed by atoms with E-state index in [1.165, 1.54) is 6.07 Å². The second kappa shape index (κ2) is 8.50. The highest BCUT2D eigenvalue weighted by atomic mass is 35.5. The van der Waals surface area contributed by atoms with Crippen LogP contribution in [0.5, 0.6) is 0 Å². The monoisotopic (exact) mass is 416 g/mol. The van der Waals surface area contributed by atoms with Gasteiger partial charge in [-0.2, -0.15) is 13.2 Å². The van der Waals surface area contributed by atoms with Gasteiger partial charge in [-0.05, 0) is 25.1 Å². The molecule has 1 aliphatic heterocycles. The molecule has 1 aliphatic rings. The van der Waals surface area contributed by atoms with Gasteiger partial charge >= 0.3 is 6.18 Å². The van der Waals surface area contributed by atoms with Gasteiger partial charge in [-0.1, -0.05) is 16.8 Å². The van der Waals surface area contributed by atoms with Crippen molar-refractivity contribution < 1.29 is 22.5 Å². The van der Waals surface area contributed by atoms with Crippen molar-refractivity contribution in [2.24, 2.45) is 0 Å². The van der Waals surface area contributed by atoms with Crippen molar-refractivity contribution in [3.63, 3.8) is 0 Å². The number of nitrogens with one attached hydrogen (secondary N) is 1. The lowest BCUT2D eigenvalue weighted by Gasteiger charge is -2.33. The first-order valence-corrected chi connectivity index (χ1v) is 9.12. The molecule has 1 N–H and O–H groups in total. The normalized spacial score (nSPS) is 16.3. The Balaban J connectivity index is 1.48. The molecule has 0 aliphatic carbocycles. The van der Waals surface area contributed by atoms with Gasteiger partial charge in [0.25, 0.3) is 0 Å². The molecular weight excluding hydrogens is 397 g/mol. The topological polar surface area (TPSA) is 61.6 Å². The Bertz CT molecular complexity index is 832. The number of anilines is 1. The van der Waals surface area contributed by atoms with Gasteiger partial charge in [0.2, 0.25) is 5.91 Å². The number of hydrogen-bond acceptors (Lipinski definition) is 5. The Hall–Kier alpha value is -2.10. The molecule has 2 aromatic rings. The molecule has 6 nitrogen and oxygen atoms in total. The summed E-state index contributed by atoms with van der Waals surface area (Å²) in [7, 11) is 0. The van der Waals surface area contributed by atoms with Gasteiger partial charge in [-0.15, -0.1) is 0 Å². The molecule has 0 spiro atoms.